The lowest BCUT2D eigenvalue weighted by Crippen LogP contribution is -2.45. The molecule has 3 fully saturated rings. The first-order chi connectivity index (χ1) is 15.0. The lowest BCUT2D eigenvalue weighted by atomic mass is 9.81. The van der Waals surface area contributed by atoms with Crippen LogP contribution in [-0.4, -0.2) is 41.2 Å². The number of hydrogen-bond acceptors (Lipinski definition) is 5. The number of hydrogen-bond donors (Lipinski definition) is 1. The van der Waals surface area contributed by atoms with Crippen molar-refractivity contribution in [3.05, 3.63) is 42.5 Å². The minimum Gasteiger partial charge on any atom is -0.454 e. The van der Waals surface area contributed by atoms with Crippen molar-refractivity contribution in [1.29, 1.82) is 0 Å². The van der Waals surface area contributed by atoms with Gasteiger partial charge in [0.25, 0.3) is 5.91 Å². The summed E-state index contributed by atoms with van der Waals surface area (Å²) >= 11 is 0. The highest BCUT2D eigenvalue weighted by molar-refractivity contribution is 6.09. The summed E-state index contributed by atoms with van der Waals surface area (Å²) in [5.41, 5.74) is 0.625. The molecule has 2 bridgehead atoms. The Hall–Kier alpha value is -3.22. The number of fused-ring (bicyclic) bond motifs is 6. The van der Waals surface area contributed by atoms with Gasteiger partial charge in [0.15, 0.2) is 6.61 Å². The topological polar surface area (TPSA) is 92.8 Å². The third kappa shape index (κ3) is 3.19. The van der Waals surface area contributed by atoms with Crippen LogP contribution in [0, 0.1) is 23.7 Å². The van der Waals surface area contributed by atoms with Gasteiger partial charge in [-0.15, -0.1) is 0 Å². The Morgan fingerprint density at radius 2 is 1.68 bits per heavy atom. The first-order valence-electron chi connectivity index (χ1n) is 10.8. The molecule has 5 atom stereocenters. The molecule has 2 aliphatic carbocycles. The number of likely N-dealkylation sites (tertiary alicyclic amines) is 1. The number of carbonyl (C=O) groups excluding carboxylic acids is 4. The van der Waals surface area contributed by atoms with Crippen LogP contribution < -0.4 is 5.32 Å². The van der Waals surface area contributed by atoms with Gasteiger partial charge in [0.05, 0.1) is 11.8 Å². The Bertz CT molecular complexity index is 1060. The number of esters is 1. The van der Waals surface area contributed by atoms with E-state index < -0.39 is 24.5 Å². The summed E-state index contributed by atoms with van der Waals surface area (Å²) in [7, 11) is 0. The molecule has 7 heteroatoms. The number of imide groups is 1. The van der Waals surface area contributed by atoms with Crippen LogP contribution >= 0.6 is 0 Å². The van der Waals surface area contributed by atoms with Gasteiger partial charge in [0.1, 0.15) is 6.04 Å². The summed E-state index contributed by atoms with van der Waals surface area (Å²) in [5.74, 6) is -1.80. The van der Waals surface area contributed by atoms with Gasteiger partial charge < -0.3 is 10.1 Å². The maximum Gasteiger partial charge on any atom is 0.329 e. The van der Waals surface area contributed by atoms with E-state index in [9.17, 15) is 19.2 Å². The lowest BCUT2D eigenvalue weighted by Gasteiger charge is -2.23. The van der Waals surface area contributed by atoms with Crippen LogP contribution in [0.5, 0.6) is 0 Å². The summed E-state index contributed by atoms with van der Waals surface area (Å²) in [5, 5.41) is 4.62. The average molecular weight is 420 g/mol. The molecule has 0 spiro atoms. The number of ether oxygens (including phenoxy) is 1. The second-order valence-corrected chi connectivity index (χ2v) is 8.79. The van der Waals surface area contributed by atoms with E-state index in [1.165, 1.54) is 6.92 Å². The molecule has 1 saturated heterocycles. The van der Waals surface area contributed by atoms with Gasteiger partial charge in [-0.2, -0.15) is 0 Å². The number of nitrogens with one attached hydrogen (secondary N) is 1. The molecule has 0 aromatic heterocycles. The third-order valence-corrected chi connectivity index (χ3v) is 7.10. The average Bonchev–Trinajstić information content (AvgIpc) is 3.45. The summed E-state index contributed by atoms with van der Waals surface area (Å²) < 4.78 is 5.15. The van der Waals surface area contributed by atoms with E-state index in [-0.39, 0.29) is 35.5 Å². The Balaban J connectivity index is 1.21. The normalized spacial score (nSPS) is 27.5. The zero-order valence-electron chi connectivity index (χ0n) is 17.2. The molecule has 160 valence electrons. The molecule has 3 aliphatic rings. The van der Waals surface area contributed by atoms with E-state index in [0.717, 1.165) is 34.9 Å². The summed E-state index contributed by atoms with van der Waals surface area (Å²) in [4.78, 5) is 51.7. The van der Waals surface area contributed by atoms with Crippen LogP contribution in [0.2, 0.25) is 0 Å². The number of benzene rings is 2. The second kappa shape index (κ2) is 7.48. The summed E-state index contributed by atoms with van der Waals surface area (Å²) in [6, 6.07) is 12.2. The fourth-order valence-electron chi connectivity index (χ4n) is 5.70. The number of nitrogens with zero attached hydrogens (tertiary/aromatic N) is 1. The van der Waals surface area contributed by atoms with Crippen LogP contribution in [0.3, 0.4) is 0 Å². The van der Waals surface area contributed by atoms with Gasteiger partial charge >= 0.3 is 5.97 Å². The van der Waals surface area contributed by atoms with Crippen molar-refractivity contribution in [3.8, 4) is 0 Å². The van der Waals surface area contributed by atoms with E-state index >= 15 is 0 Å². The highest BCUT2D eigenvalue weighted by atomic mass is 16.5. The molecule has 2 aromatic carbocycles. The van der Waals surface area contributed by atoms with Gasteiger partial charge in [-0.1, -0.05) is 36.4 Å². The Morgan fingerprint density at radius 1 is 1.03 bits per heavy atom. The molecule has 2 aromatic rings. The van der Waals surface area contributed by atoms with Crippen molar-refractivity contribution in [3.63, 3.8) is 0 Å². The smallest absolute Gasteiger partial charge is 0.329 e. The fraction of sp³-hybridized carbons (Fsp3) is 0.417. The Labute approximate surface area is 179 Å². The fourth-order valence-corrected chi connectivity index (χ4v) is 5.70. The monoisotopic (exact) mass is 420 g/mol. The maximum absolute atomic E-state index is 12.9. The summed E-state index contributed by atoms with van der Waals surface area (Å²) in [6.07, 6.45) is 2.89. The third-order valence-electron chi connectivity index (χ3n) is 7.10. The Kier molecular flexibility index (Phi) is 4.76. The molecule has 2 saturated carbocycles. The molecule has 31 heavy (non-hydrogen) atoms. The molecule has 0 radical (unpaired) electrons. The van der Waals surface area contributed by atoms with Crippen molar-refractivity contribution < 1.29 is 23.9 Å². The highest BCUT2D eigenvalue weighted by Gasteiger charge is 2.62. The molecule has 1 heterocycles. The van der Waals surface area contributed by atoms with E-state index in [1.807, 2.05) is 36.4 Å². The van der Waals surface area contributed by atoms with Crippen LogP contribution in [0.1, 0.15) is 26.2 Å². The van der Waals surface area contributed by atoms with Gasteiger partial charge in [0, 0.05) is 11.1 Å². The van der Waals surface area contributed by atoms with E-state index in [2.05, 4.69) is 5.32 Å². The number of rotatable bonds is 5. The van der Waals surface area contributed by atoms with Gasteiger partial charge in [0.2, 0.25) is 11.8 Å². The van der Waals surface area contributed by atoms with Crippen LogP contribution in [0.4, 0.5) is 5.69 Å². The molecule has 5 rings (SSSR count). The van der Waals surface area contributed by atoms with Crippen molar-refractivity contribution in [2.75, 3.05) is 11.9 Å². The highest BCUT2D eigenvalue weighted by Crippen LogP contribution is 2.56. The minimum absolute atomic E-state index is 0.256. The number of carbonyl (C=O) groups is 4. The van der Waals surface area contributed by atoms with E-state index in [4.69, 9.17) is 4.74 Å². The van der Waals surface area contributed by atoms with Gasteiger partial charge in [-0.25, -0.2) is 4.79 Å². The second-order valence-electron chi connectivity index (χ2n) is 8.79. The summed E-state index contributed by atoms with van der Waals surface area (Å²) in [6.45, 7) is 1.00. The predicted molar refractivity (Wildman–Crippen MR) is 113 cm³/mol. The molecular formula is C24H24N2O5. The Morgan fingerprint density at radius 3 is 2.39 bits per heavy atom. The lowest BCUT2D eigenvalue weighted by molar-refractivity contribution is -0.159. The number of amides is 3. The standard InChI is InChI=1S/C24H24N2O5/c1-13(26-22(28)20-15-9-10-16(11-15)21(20)23(26)29)24(30)31-12-19(27)25-18-8-4-6-14-5-2-3-7-17(14)18/h2-8,13,15-16,20-21H,9-12H2,1H3,(H,25,27)/t13-,15+,16+,20-,21+/m1/s1. The van der Waals surface area contributed by atoms with Gasteiger partial charge in [-0.3, -0.25) is 19.3 Å². The SMILES string of the molecule is C[C@H](C(=O)OCC(=O)Nc1cccc2ccccc12)N1C(=O)[C@@H]2[C@H]3CC[C@@H](C3)[C@@H]2C1=O. The molecule has 0 unspecified atom stereocenters. The van der Waals surface area contributed by atoms with Crippen molar-refractivity contribution >= 4 is 40.2 Å². The first-order valence-corrected chi connectivity index (χ1v) is 10.8. The molecule has 3 amide bonds. The quantitative estimate of drug-likeness (QED) is 0.593. The molecular weight excluding hydrogens is 396 g/mol. The van der Waals surface area contributed by atoms with Crippen LogP contribution in [-0.2, 0) is 23.9 Å². The van der Waals surface area contributed by atoms with E-state index in [0.29, 0.717) is 5.69 Å². The predicted octanol–water partition coefficient (Wildman–Crippen LogP) is 2.74. The molecule has 1 aliphatic heterocycles. The van der Waals surface area contributed by atoms with Crippen molar-refractivity contribution in [2.24, 2.45) is 23.7 Å². The number of anilines is 1. The van der Waals surface area contributed by atoms with E-state index in [1.54, 1.807) is 6.07 Å². The largest absolute Gasteiger partial charge is 0.454 e. The van der Waals surface area contributed by atoms with Gasteiger partial charge in [-0.05, 0) is 49.5 Å². The first kappa shape index (κ1) is 19.7. The minimum atomic E-state index is -1.03. The maximum atomic E-state index is 12.9. The zero-order chi connectivity index (χ0) is 21.7. The zero-order valence-corrected chi connectivity index (χ0v) is 17.2. The van der Waals surface area contributed by atoms with Crippen molar-refractivity contribution in [1.82, 2.24) is 4.90 Å². The van der Waals surface area contributed by atoms with Crippen LogP contribution in [0.15, 0.2) is 42.5 Å². The molecule has 7 nitrogen and oxygen atoms in total. The van der Waals surface area contributed by atoms with Crippen LogP contribution in [0.25, 0.3) is 10.8 Å². The molecule has 1 N–H and O–H groups in total. The van der Waals surface area contributed by atoms with Crippen molar-refractivity contribution in [2.45, 2.75) is 32.2 Å².